The van der Waals surface area contributed by atoms with Crippen LogP contribution in [0.15, 0.2) is 18.2 Å². The van der Waals surface area contributed by atoms with Crippen LogP contribution in [0, 0.1) is 6.92 Å². The van der Waals surface area contributed by atoms with Crippen LogP contribution in [0.1, 0.15) is 24.6 Å². The average Bonchev–Trinajstić information content (AvgIpc) is 2.77. The molecule has 0 aliphatic carbocycles. The van der Waals surface area contributed by atoms with Crippen LogP contribution in [0.5, 0.6) is 0 Å². The van der Waals surface area contributed by atoms with E-state index in [0.29, 0.717) is 12.5 Å². The number of nitrogens with zero attached hydrogens (tertiary/aromatic N) is 3. The van der Waals surface area contributed by atoms with Gasteiger partial charge in [0.1, 0.15) is 0 Å². The Hall–Kier alpha value is -1.88. The van der Waals surface area contributed by atoms with E-state index < -0.39 is 0 Å². The van der Waals surface area contributed by atoms with Crippen LogP contribution in [-0.2, 0) is 4.79 Å². The van der Waals surface area contributed by atoms with Gasteiger partial charge in [0.25, 0.3) is 0 Å². The van der Waals surface area contributed by atoms with Crippen LogP contribution in [0.25, 0.3) is 10.9 Å². The Bertz CT molecular complexity index is 626. The summed E-state index contributed by atoms with van der Waals surface area (Å²) in [4.78, 5) is 12.9. The molecule has 2 aromatic rings. The highest BCUT2D eigenvalue weighted by Crippen LogP contribution is 2.28. The normalized spacial score (nSPS) is 17.5. The quantitative estimate of drug-likeness (QED) is 0.871. The summed E-state index contributed by atoms with van der Waals surface area (Å²) in [7, 11) is 2.17. The fourth-order valence-electron chi connectivity index (χ4n) is 2.99. The van der Waals surface area contributed by atoms with E-state index in [2.05, 4.69) is 28.9 Å². The molecule has 2 heterocycles. The first-order valence-electron chi connectivity index (χ1n) is 7.06. The topological polar surface area (TPSA) is 50.2 Å². The van der Waals surface area contributed by atoms with Crippen LogP contribution in [-0.4, -0.2) is 41.2 Å². The van der Waals surface area contributed by atoms with Crippen molar-refractivity contribution < 1.29 is 4.79 Å². The number of amides is 1. The highest BCUT2D eigenvalue weighted by Gasteiger charge is 2.21. The standard InChI is InChI=1S/C15H20N4O/c1-11-14-4-3-12(16-10-20)9-15(14)17-19(11)13-5-7-18(2)8-6-13/h3-4,9-10,13H,5-8H2,1-2H3,(H,16,20). The number of carbonyl (C=O) groups is 1. The summed E-state index contributed by atoms with van der Waals surface area (Å²) >= 11 is 0. The first-order chi connectivity index (χ1) is 9.69. The van der Waals surface area contributed by atoms with Gasteiger partial charge in [-0.15, -0.1) is 0 Å². The predicted octanol–water partition coefficient (Wildman–Crippen LogP) is 2.18. The van der Waals surface area contributed by atoms with Gasteiger partial charge in [-0.2, -0.15) is 5.10 Å². The van der Waals surface area contributed by atoms with Gasteiger partial charge in [0.2, 0.25) is 6.41 Å². The monoisotopic (exact) mass is 272 g/mol. The fourth-order valence-corrected chi connectivity index (χ4v) is 2.99. The molecule has 1 fully saturated rings. The molecule has 1 aromatic carbocycles. The maximum absolute atomic E-state index is 10.5. The molecule has 0 unspecified atom stereocenters. The third kappa shape index (κ3) is 2.29. The molecule has 1 amide bonds. The van der Waals surface area contributed by atoms with Crippen molar-refractivity contribution in [2.75, 3.05) is 25.5 Å². The molecule has 0 radical (unpaired) electrons. The Balaban J connectivity index is 1.95. The molecule has 0 saturated carbocycles. The van der Waals surface area contributed by atoms with Crippen molar-refractivity contribution in [2.45, 2.75) is 25.8 Å². The van der Waals surface area contributed by atoms with Gasteiger partial charge in [-0.3, -0.25) is 9.48 Å². The molecule has 106 valence electrons. The number of hydrogen-bond donors (Lipinski definition) is 1. The van der Waals surface area contributed by atoms with E-state index in [1.807, 2.05) is 18.2 Å². The highest BCUT2D eigenvalue weighted by molar-refractivity contribution is 5.86. The number of piperidine rings is 1. The van der Waals surface area contributed by atoms with E-state index in [9.17, 15) is 4.79 Å². The van der Waals surface area contributed by atoms with Gasteiger partial charge >= 0.3 is 0 Å². The van der Waals surface area contributed by atoms with E-state index in [1.165, 1.54) is 11.1 Å². The molecule has 3 rings (SSSR count). The number of rotatable bonds is 3. The molecule has 20 heavy (non-hydrogen) atoms. The lowest BCUT2D eigenvalue weighted by molar-refractivity contribution is -0.105. The Morgan fingerprint density at radius 3 is 2.80 bits per heavy atom. The Morgan fingerprint density at radius 2 is 2.10 bits per heavy atom. The van der Waals surface area contributed by atoms with Crippen LogP contribution < -0.4 is 5.32 Å². The number of likely N-dealkylation sites (tertiary alicyclic amines) is 1. The summed E-state index contributed by atoms with van der Waals surface area (Å²) in [5.41, 5.74) is 2.96. The summed E-state index contributed by atoms with van der Waals surface area (Å²) in [6.45, 7) is 4.37. The van der Waals surface area contributed by atoms with E-state index in [1.54, 1.807) is 0 Å². The zero-order valence-electron chi connectivity index (χ0n) is 12.0. The van der Waals surface area contributed by atoms with Crippen molar-refractivity contribution in [3.63, 3.8) is 0 Å². The second kappa shape index (κ2) is 5.25. The molecule has 1 aliphatic rings. The lowest BCUT2D eigenvalue weighted by Gasteiger charge is -2.29. The minimum Gasteiger partial charge on any atom is -0.329 e. The van der Waals surface area contributed by atoms with Crippen molar-refractivity contribution >= 4 is 23.0 Å². The van der Waals surface area contributed by atoms with E-state index in [4.69, 9.17) is 5.10 Å². The third-order valence-corrected chi connectivity index (χ3v) is 4.21. The SMILES string of the molecule is Cc1c2ccc(NC=O)cc2nn1C1CCN(C)CC1. The summed E-state index contributed by atoms with van der Waals surface area (Å²) < 4.78 is 2.17. The average molecular weight is 272 g/mol. The second-order valence-electron chi connectivity index (χ2n) is 5.56. The maximum atomic E-state index is 10.5. The minimum atomic E-state index is 0.487. The van der Waals surface area contributed by atoms with Gasteiger partial charge in [-0.1, -0.05) is 0 Å². The summed E-state index contributed by atoms with van der Waals surface area (Å²) in [6.07, 6.45) is 2.98. The number of hydrogen-bond acceptors (Lipinski definition) is 3. The number of fused-ring (bicyclic) bond motifs is 1. The van der Waals surface area contributed by atoms with Crippen LogP contribution in [0.4, 0.5) is 5.69 Å². The largest absolute Gasteiger partial charge is 0.329 e. The molecular weight excluding hydrogens is 252 g/mol. The van der Waals surface area contributed by atoms with Gasteiger partial charge in [0.05, 0.1) is 11.6 Å². The van der Waals surface area contributed by atoms with Crippen molar-refractivity contribution in [2.24, 2.45) is 0 Å². The zero-order valence-corrected chi connectivity index (χ0v) is 12.0. The number of carbonyl (C=O) groups excluding carboxylic acids is 1. The molecule has 1 aromatic heterocycles. The van der Waals surface area contributed by atoms with Crippen molar-refractivity contribution in [1.29, 1.82) is 0 Å². The molecule has 1 aliphatic heterocycles. The van der Waals surface area contributed by atoms with Crippen LogP contribution >= 0.6 is 0 Å². The summed E-state index contributed by atoms with van der Waals surface area (Å²) in [6, 6.07) is 6.38. The third-order valence-electron chi connectivity index (χ3n) is 4.21. The summed E-state index contributed by atoms with van der Waals surface area (Å²) in [5.74, 6) is 0. The molecule has 5 nitrogen and oxygen atoms in total. The zero-order chi connectivity index (χ0) is 14.1. The molecule has 1 saturated heterocycles. The number of aromatic nitrogens is 2. The van der Waals surface area contributed by atoms with Crippen LogP contribution in [0.3, 0.4) is 0 Å². The van der Waals surface area contributed by atoms with Crippen molar-refractivity contribution in [3.8, 4) is 0 Å². The van der Waals surface area contributed by atoms with Gasteiger partial charge in [0.15, 0.2) is 0 Å². The molecule has 0 bridgehead atoms. The molecular formula is C15H20N4O. The predicted molar refractivity (Wildman–Crippen MR) is 79.9 cm³/mol. The number of aryl methyl sites for hydroxylation is 1. The molecule has 1 N–H and O–H groups in total. The second-order valence-corrected chi connectivity index (χ2v) is 5.56. The number of benzene rings is 1. The molecule has 0 spiro atoms. The maximum Gasteiger partial charge on any atom is 0.211 e. The smallest absolute Gasteiger partial charge is 0.211 e. The Kier molecular flexibility index (Phi) is 3.44. The lowest BCUT2D eigenvalue weighted by Crippen LogP contribution is -2.32. The highest BCUT2D eigenvalue weighted by atomic mass is 16.1. The van der Waals surface area contributed by atoms with Gasteiger partial charge in [-0.05, 0) is 58.1 Å². The lowest BCUT2D eigenvalue weighted by atomic mass is 10.1. The van der Waals surface area contributed by atoms with Gasteiger partial charge in [-0.25, -0.2) is 0 Å². The van der Waals surface area contributed by atoms with E-state index in [-0.39, 0.29) is 0 Å². The molecule has 0 atom stereocenters. The van der Waals surface area contributed by atoms with Crippen molar-refractivity contribution in [1.82, 2.24) is 14.7 Å². The number of nitrogens with one attached hydrogen (secondary N) is 1. The summed E-state index contributed by atoms with van der Waals surface area (Å²) in [5, 5.41) is 8.59. The first kappa shape index (κ1) is 13.1. The Labute approximate surface area is 118 Å². The fraction of sp³-hybridized carbons (Fsp3) is 0.467. The van der Waals surface area contributed by atoms with E-state index in [0.717, 1.165) is 37.1 Å². The van der Waals surface area contributed by atoms with Gasteiger partial charge < -0.3 is 10.2 Å². The first-order valence-corrected chi connectivity index (χ1v) is 7.06. The Morgan fingerprint density at radius 1 is 1.35 bits per heavy atom. The number of anilines is 1. The minimum absolute atomic E-state index is 0.487. The van der Waals surface area contributed by atoms with Crippen LogP contribution in [0.2, 0.25) is 0 Å². The van der Waals surface area contributed by atoms with Gasteiger partial charge in [0, 0.05) is 16.8 Å². The van der Waals surface area contributed by atoms with E-state index >= 15 is 0 Å². The molecule has 5 heteroatoms. The van der Waals surface area contributed by atoms with Crippen molar-refractivity contribution in [3.05, 3.63) is 23.9 Å².